The Morgan fingerprint density at radius 3 is 2.60 bits per heavy atom. The molecule has 2 heterocycles. The number of ether oxygens (including phenoxy) is 1. The Morgan fingerprint density at radius 2 is 1.92 bits per heavy atom. The van der Waals surface area contributed by atoms with Crippen molar-refractivity contribution in [2.24, 2.45) is 0 Å². The molecule has 0 unspecified atom stereocenters. The number of halogens is 3. The standard InChI is InChI=1S/C17H10Cl2FNO4/c1-2-24-17(23)12-8-5-3-4-6-9(8)16(22)25-13(12)10-7-11(20)15(19)21-14(10)18/h3-7H,2H2,1H3. The van der Waals surface area contributed by atoms with Gasteiger partial charge in [-0.3, -0.25) is 0 Å². The maximum absolute atomic E-state index is 13.9. The van der Waals surface area contributed by atoms with Gasteiger partial charge in [-0.1, -0.05) is 41.4 Å². The normalized spacial score (nSPS) is 10.9. The number of nitrogens with zero attached hydrogens (tertiary/aromatic N) is 1. The third-order valence-electron chi connectivity index (χ3n) is 3.45. The molecule has 0 radical (unpaired) electrons. The van der Waals surface area contributed by atoms with Gasteiger partial charge in [0.1, 0.15) is 10.7 Å². The second kappa shape index (κ2) is 6.82. The number of carbonyl (C=O) groups excluding carboxylic acids is 1. The summed E-state index contributed by atoms with van der Waals surface area (Å²) >= 11 is 11.6. The fraction of sp³-hybridized carbons (Fsp3) is 0.118. The van der Waals surface area contributed by atoms with Gasteiger partial charge < -0.3 is 9.15 Å². The van der Waals surface area contributed by atoms with Gasteiger partial charge in [0.15, 0.2) is 16.7 Å². The number of fused-ring (bicyclic) bond motifs is 1. The summed E-state index contributed by atoms with van der Waals surface area (Å²) in [7, 11) is 0. The highest BCUT2D eigenvalue weighted by Crippen LogP contribution is 2.34. The summed E-state index contributed by atoms with van der Waals surface area (Å²) in [4.78, 5) is 28.4. The molecule has 0 fully saturated rings. The number of hydrogen-bond donors (Lipinski definition) is 0. The summed E-state index contributed by atoms with van der Waals surface area (Å²) in [5.41, 5.74) is -0.818. The molecular weight excluding hydrogens is 372 g/mol. The van der Waals surface area contributed by atoms with E-state index in [4.69, 9.17) is 32.4 Å². The molecule has 0 N–H and O–H groups in total. The average Bonchev–Trinajstić information content (AvgIpc) is 2.58. The molecule has 1 aromatic carbocycles. The third kappa shape index (κ3) is 3.10. The van der Waals surface area contributed by atoms with E-state index in [1.807, 2.05) is 0 Å². The van der Waals surface area contributed by atoms with Crippen molar-refractivity contribution in [2.45, 2.75) is 6.92 Å². The van der Waals surface area contributed by atoms with Gasteiger partial charge in [0.05, 0.1) is 17.6 Å². The number of hydrogen-bond acceptors (Lipinski definition) is 5. The predicted octanol–water partition coefficient (Wildman–Crippen LogP) is 4.48. The van der Waals surface area contributed by atoms with Crippen molar-refractivity contribution in [3.63, 3.8) is 0 Å². The first-order chi connectivity index (χ1) is 11.9. The molecule has 0 bridgehead atoms. The van der Waals surface area contributed by atoms with Crippen molar-refractivity contribution in [3.05, 3.63) is 62.4 Å². The van der Waals surface area contributed by atoms with Crippen LogP contribution in [0.15, 0.2) is 39.5 Å². The molecule has 25 heavy (non-hydrogen) atoms. The van der Waals surface area contributed by atoms with Gasteiger partial charge in [0, 0.05) is 5.39 Å². The quantitative estimate of drug-likeness (QED) is 0.494. The predicted molar refractivity (Wildman–Crippen MR) is 91.6 cm³/mol. The van der Waals surface area contributed by atoms with Crippen LogP contribution in [0.2, 0.25) is 10.3 Å². The number of rotatable bonds is 3. The topological polar surface area (TPSA) is 69.4 Å². The Kier molecular flexibility index (Phi) is 4.74. The van der Waals surface area contributed by atoms with Crippen molar-refractivity contribution < 1.29 is 18.3 Å². The summed E-state index contributed by atoms with van der Waals surface area (Å²) in [6.45, 7) is 1.74. The Morgan fingerprint density at radius 1 is 1.24 bits per heavy atom. The Hall–Kier alpha value is -2.44. The molecule has 0 aliphatic carbocycles. The molecule has 0 aliphatic rings. The smallest absolute Gasteiger partial charge is 0.344 e. The minimum Gasteiger partial charge on any atom is -0.462 e. The molecular formula is C17H10Cl2FNO4. The summed E-state index contributed by atoms with van der Waals surface area (Å²) in [5.74, 6) is -1.83. The van der Waals surface area contributed by atoms with Crippen LogP contribution in [0, 0.1) is 5.82 Å². The number of esters is 1. The number of benzene rings is 1. The highest BCUT2D eigenvalue weighted by molar-refractivity contribution is 6.34. The van der Waals surface area contributed by atoms with Crippen LogP contribution in [0.25, 0.3) is 22.1 Å². The van der Waals surface area contributed by atoms with Gasteiger partial charge in [-0.25, -0.2) is 19.0 Å². The van der Waals surface area contributed by atoms with E-state index in [9.17, 15) is 14.0 Å². The zero-order chi connectivity index (χ0) is 18.1. The van der Waals surface area contributed by atoms with Crippen LogP contribution in [-0.2, 0) is 4.74 Å². The Bertz CT molecular complexity index is 1050. The summed E-state index contributed by atoms with van der Waals surface area (Å²) in [6.07, 6.45) is 0. The Balaban J connectivity index is 2.42. The SMILES string of the molecule is CCOC(=O)c1c(-c2cc(F)c(Cl)nc2Cl)oc(=O)c2ccccc12. The molecule has 128 valence electrons. The van der Waals surface area contributed by atoms with Gasteiger partial charge in [0.25, 0.3) is 0 Å². The molecule has 3 aromatic rings. The fourth-order valence-corrected chi connectivity index (χ4v) is 2.81. The fourth-order valence-electron chi connectivity index (χ4n) is 2.40. The highest BCUT2D eigenvalue weighted by atomic mass is 35.5. The van der Waals surface area contributed by atoms with E-state index in [2.05, 4.69) is 4.98 Å². The lowest BCUT2D eigenvalue weighted by molar-refractivity contribution is 0.0527. The molecule has 3 rings (SSSR count). The molecule has 0 amide bonds. The van der Waals surface area contributed by atoms with Crippen molar-refractivity contribution >= 4 is 39.9 Å². The lowest BCUT2D eigenvalue weighted by atomic mass is 10.0. The van der Waals surface area contributed by atoms with Crippen molar-refractivity contribution in [3.8, 4) is 11.3 Å². The maximum atomic E-state index is 13.9. The van der Waals surface area contributed by atoms with E-state index in [1.165, 1.54) is 6.07 Å². The van der Waals surface area contributed by atoms with Crippen molar-refractivity contribution in [1.29, 1.82) is 0 Å². The van der Waals surface area contributed by atoms with E-state index in [0.29, 0.717) is 5.39 Å². The lowest BCUT2D eigenvalue weighted by Crippen LogP contribution is -2.12. The van der Waals surface area contributed by atoms with E-state index in [-0.39, 0.29) is 34.0 Å². The molecule has 0 spiro atoms. The van der Waals surface area contributed by atoms with Crippen LogP contribution in [-0.4, -0.2) is 17.6 Å². The van der Waals surface area contributed by atoms with Crippen molar-refractivity contribution in [1.82, 2.24) is 4.98 Å². The molecule has 0 aliphatic heterocycles. The van der Waals surface area contributed by atoms with E-state index in [0.717, 1.165) is 6.07 Å². The third-order valence-corrected chi connectivity index (χ3v) is 4.00. The molecule has 5 nitrogen and oxygen atoms in total. The van der Waals surface area contributed by atoms with Gasteiger partial charge in [-0.2, -0.15) is 0 Å². The van der Waals surface area contributed by atoms with Gasteiger partial charge >= 0.3 is 11.6 Å². The van der Waals surface area contributed by atoms with Crippen LogP contribution in [0.5, 0.6) is 0 Å². The molecule has 0 atom stereocenters. The summed E-state index contributed by atoms with van der Waals surface area (Å²) in [5, 5.41) is -0.156. The van der Waals surface area contributed by atoms with Crippen LogP contribution in [0.3, 0.4) is 0 Å². The summed E-state index contributed by atoms with van der Waals surface area (Å²) in [6, 6.07) is 7.31. The maximum Gasteiger partial charge on any atom is 0.344 e. The number of aromatic nitrogens is 1. The summed E-state index contributed by atoms with van der Waals surface area (Å²) < 4.78 is 24.2. The van der Waals surface area contributed by atoms with Gasteiger partial charge in [-0.15, -0.1) is 0 Å². The zero-order valence-electron chi connectivity index (χ0n) is 12.8. The molecule has 8 heteroatoms. The van der Waals surface area contributed by atoms with Crippen LogP contribution in [0.1, 0.15) is 17.3 Å². The molecule has 0 saturated heterocycles. The first-order valence-corrected chi connectivity index (χ1v) is 7.94. The van der Waals surface area contributed by atoms with Crippen LogP contribution in [0.4, 0.5) is 4.39 Å². The highest BCUT2D eigenvalue weighted by Gasteiger charge is 2.25. The van der Waals surface area contributed by atoms with Gasteiger partial charge in [0.2, 0.25) is 0 Å². The largest absolute Gasteiger partial charge is 0.462 e. The van der Waals surface area contributed by atoms with Crippen LogP contribution >= 0.6 is 23.2 Å². The second-order valence-corrected chi connectivity index (χ2v) is 5.68. The molecule has 0 saturated carbocycles. The first kappa shape index (κ1) is 17.4. The van der Waals surface area contributed by atoms with E-state index in [1.54, 1.807) is 25.1 Å². The zero-order valence-corrected chi connectivity index (χ0v) is 14.3. The van der Waals surface area contributed by atoms with Crippen LogP contribution < -0.4 is 5.63 Å². The van der Waals surface area contributed by atoms with Gasteiger partial charge in [-0.05, 0) is 19.1 Å². The minimum atomic E-state index is -0.869. The number of pyridine rings is 1. The average molecular weight is 382 g/mol. The Labute approximate surface area is 150 Å². The minimum absolute atomic E-state index is 0.0394. The lowest BCUT2D eigenvalue weighted by Gasteiger charge is -2.11. The van der Waals surface area contributed by atoms with Crippen molar-refractivity contribution in [2.75, 3.05) is 6.61 Å². The van der Waals surface area contributed by atoms with E-state index < -0.39 is 22.6 Å². The number of carbonyl (C=O) groups is 1. The van der Waals surface area contributed by atoms with E-state index >= 15 is 0 Å². The second-order valence-electron chi connectivity index (χ2n) is 4.96. The monoisotopic (exact) mass is 381 g/mol. The first-order valence-electron chi connectivity index (χ1n) is 7.19. The molecule has 2 aromatic heterocycles.